The van der Waals surface area contributed by atoms with Gasteiger partial charge in [-0.25, -0.2) is 4.79 Å². The second kappa shape index (κ2) is 9.51. The van der Waals surface area contributed by atoms with Gasteiger partial charge in [0.1, 0.15) is 5.69 Å². The van der Waals surface area contributed by atoms with Gasteiger partial charge in [0.05, 0.1) is 17.0 Å². The summed E-state index contributed by atoms with van der Waals surface area (Å²) < 4.78 is 4.85. The highest BCUT2D eigenvalue weighted by molar-refractivity contribution is 5.93. The molecule has 0 bridgehead atoms. The molecule has 0 saturated heterocycles. The first-order valence-electron chi connectivity index (χ1n) is 8.66. The van der Waals surface area contributed by atoms with Gasteiger partial charge in [0.2, 0.25) is 5.91 Å². The number of hydrogen-bond acceptors (Lipinski definition) is 7. The average Bonchev–Trinajstić information content (AvgIpc) is 3.46. The lowest BCUT2D eigenvalue weighted by atomic mass is 10.1. The molecule has 0 aliphatic heterocycles. The molecular weight excluding hydrogens is 356 g/mol. The number of hydrogen-bond donors (Lipinski definition) is 3. The molecule has 0 radical (unpaired) electrons. The SMILES string of the molecule is CCCNC(=O)CNC(=O)COC(=O)c1ccc(NC2CC2)c([N+](=O)[O-])c1. The Kier molecular flexibility index (Phi) is 7.09. The lowest BCUT2D eigenvalue weighted by molar-refractivity contribution is -0.384. The van der Waals surface area contributed by atoms with E-state index in [4.69, 9.17) is 4.74 Å². The van der Waals surface area contributed by atoms with Gasteiger partial charge in [-0.15, -0.1) is 0 Å². The van der Waals surface area contributed by atoms with Crippen LogP contribution in [0.2, 0.25) is 0 Å². The van der Waals surface area contributed by atoms with Crippen LogP contribution in [0.4, 0.5) is 11.4 Å². The molecule has 0 heterocycles. The smallest absolute Gasteiger partial charge is 0.338 e. The standard InChI is InChI=1S/C17H22N4O6/c1-2-7-18-15(22)9-19-16(23)10-27-17(24)11-3-6-13(20-12-4-5-12)14(8-11)21(25)26/h3,6,8,12,20H,2,4-5,7,9-10H2,1H3,(H,18,22)(H,19,23). The van der Waals surface area contributed by atoms with Crippen LogP contribution in [0.1, 0.15) is 36.5 Å². The first-order valence-corrected chi connectivity index (χ1v) is 8.66. The van der Waals surface area contributed by atoms with Crippen LogP contribution >= 0.6 is 0 Å². The Hall–Kier alpha value is -3.17. The Morgan fingerprint density at radius 3 is 2.59 bits per heavy atom. The summed E-state index contributed by atoms with van der Waals surface area (Å²) in [5.41, 5.74) is 0.0832. The molecule has 2 rings (SSSR count). The summed E-state index contributed by atoms with van der Waals surface area (Å²) in [6.45, 7) is 1.60. The Morgan fingerprint density at radius 1 is 1.22 bits per heavy atom. The molecule has 27 heavy (non-hydrogen) atoms. The summed E-state index contributed by atoms with van der Waals surface area (Å²) in [6, 6.07) is 4.18. The van der Waals surface area contributed by atoms with Gasteiger partial charge in [0.25, 0.3) is 11.6 Å². The van der Waals surface area contributed by atoms with Crippen LogP contribution in [0.15, 0.2) is 18.2 Å². The minimum atomic E-state index is -0.860. The number of anilines is 1. The molecule has 1 saturated carbocycles. The zero-order valence-electron chi connectivity index (χ0n) is 14.9. The largest absolute Gasteiger partial charge is 0.452 e. The highest BCUT2D eigenvalue weighted by Gasteiger charge is 2.26. The minimum absolute atomic E-state index is 0.0310. The molecule has 10 nitrogen and oxygen atoms in total. The van der Waals surface area contributed by atoms with Gasteiger partial charge in [-0.3, -0.25) is 19.7 Å². The molecular formula is C17H22N4O6. The zero-order chi connectivity index (χ0) is 19.8. The number of esters is 1. The topological polar surface area (TPSA) is 140 Å². The van der Waals surface area contributed by atoms with Crippen molar-refractivity contribution in [2.75, 3.05) is 25.0 Å². The van der Waals surface area contributed by atoms with Crippen LogP contribution in [-0.4, -0.2) is 48.4 Å². The van der Waals surface area contributed by atoms with E-state index in [1.54, 1.807) is 0 Å². The Morgan fingerprint density at radius 2 is 1.96 bits per heavy atom. The lowest BCUT2D eigenvalue weighted by Crippen LogP contribution is -2.38. The number of carbonyl (C=O) groups excluding carboxylic acids is 3. The van der Waals surface area contributed by atoms with Crippen LogP contribution in [0, 0.1) is 10.1 Å². The number of ether oxygens (including phenoxy) is 1. The molecule has 1 fully saturated rings. The van der Waals surface area contributed by atoms with E-state index in [1.807, 2.05) is 6.92 Å². The third-order valence-electron chi connectivity index (χ3n) is 3.72. The third kappa shape index (κ3) is 6.57. The minimum Gasteiger partial charge on any atom is -0.452 e. The number of amides is 2. The van der Waals surface area contributed by atoms with Crippen molar-refractivity contribution in [3.63, 3.8) is 0 Å². The van der Waals surface area contributed by atoms with Crippen molar-refractivity contribution < 1.29 is 24.0 Å². The summed E-state index contributed by atoms with van der Waals surface area (Å²) in [4.78, 5) is 45.6. The normalized spacial score (nSPS) is 12.8. The van der Waals surface area contributed by atoms with E-state index < -0.39 is 23.4 Å². The van der Waals surface area contributed by atoms with Gasteiger partial charge in [-0.2, -0.15) is 0 Å². The summed E-state index contributed by atoms with van der Waals surface area (Å²) in [5.74, 6) is -1.84. The molecule has 0 aromatic heterocycles. The number of rotatable bonds is 10. The van der Waals surface area contributed by atoms with Gasteiger partial charge in [-0.1, -0.05) is 6.92 Å². The summed E-state index contributed by atoms with van der Waals surface area (Å²) in [6.07, 6.45) is 2.68. The molecule has 0 atom stereocenters. The average molecular weight is 378 g/mol. The van der Waals surface area contributed by atoms with Crippen molar-refractivity contribution in [3.8, 4) is 0 Å². The summed E-state index contributed by atoms with van der Waals surface area (Å²) >= 11 is 0. The van der Waals surface area contributed by atoms with Crippen LogP contribution < -0.4 is 16.0 Å². The van der Waals surface area contributed by atoms with Crippen LogP contribution in [0.3, 0.4) is 0 Å². The maximum atomic E-state index is 12.0. The van der Waals surface area contributed by atoms with E-state index in [0.717, 1.165) is 25.3 Å². The predicted octanol–water partition coefficient (Wildman–Crippen LogP) is 0.968. The fourth-order valence-electron chi connectivity index (χ4n) is 2.15. The molecule has 146 valence electrons. The second-order valence-corrected chi connectivity index (χ2v) is 6.11. The molecule has 0 unspecified atom stereocenters. The van der Waals surface area contributed by atoms with Crippen molar-refractivity contribution in [2.45, 2.75) is 32.2 Å². The fraction of sp³-hybridized carbons (Fsp3) is 0.471. The van der Waals surface area contributed by atoms with Gasteiger partial charge in [0.15, 0.2) is 6.61 Å². The number of nitro groups is 1. The molecule has 1 aromatic rings. The van der Waals surface area contributed by atoms with Crippen LogP contribution in [-0.2, 0) is 14.3 Å². The first-order chi connectivity index (χ1) is 12.9. The lowest BCUT2D eigenvalue weighted by Gasteiger charge is -2.09. The van der Waals surface area contributed by atoms with E-state index in [2.05, 4.69) is 16.0 Å². The van der Waals surface area contributed by atoms with Crippen LogP contribution in [0.5, 0.6) is 0 Å². The van der Waals surface area contributed by atoms with Crippen molar-refractivity contribution in [3.05, 3.63) is 33.9 Å². The Bertz CT molecular complexity index is 732. The number of nitro benzene ring substituents is 1. The molecule has 1 aromatic carbocycles. The molecule has 0 spiro atoms. The highest BCUT2D eigenvalue weighted by atomic mass is 16.6. The Balaban J connectivity index is 1.86. The van der Waals surface area contributed by atoms with Crippen molar-refractivity contribution in [2.24, 2.45) is 0 Å². The number of nitrogens with one attached hydrogen (secondary N) is 3. The molecule has 1 aliphatic rings. The van der Waals surface area contributed by atoms with Gasteiger partial charge in [-0.05, 0) is 31.4 Å². The summed E-state index contributed by atoms with van der Waals surface area (Å²) in [7, 11) is 0. The maximum Gasteiger partial charge on any atom is 0.338 e. The highest BCUT2D eigenvalue weighted by Crippen LogP contribution is 2.31. The molecule has 10 heteroatoms. The van der Waals surface area contributed by atoms with E-state index in [9.17, 15) is 24.5 Å². The van der Waals surface area contributed by atoms with E-state index in [1.165, 1.54) is 12.1 Å². The summed E-state index contributed by atoms with van der Waals surface area (Å²) in [5, 5.41) is 19.1. The number of nitrogens with zero attached hydrogens (tertiary/aromatic N) is 1. The first kappa shape index (κ1) is 20.1. The Labute approximate surface area is 155 Å². The third-order valence-corrected chi connectivity index (χ3v) is 3.72. The molecule has 1 aliphatic carbocycles. The van der Waals surface area contributed by atoms with Crippen LogP contribution in [0.25, 0.3) is 0 Å². The quantitative estimate of drug-likeness (QED) is 0.313. The van der Waals surface area contributed by atoms with Gasteiger partial charge >= 0.3 is 5.97 Å². The van der Waals surface area contributed by atoms with Crippen molar-refractivity contribution >= 4 is 29.2 Å². The number of carbonyl (C=O) groups is 3. The van der Waals surface area contributed by atoms with Gasteiger partial charge < -0.3 is 20.7 Å². The fourth-order valence-corrected chi connectivity index (χ4v) is 2.15. The molecule has 2 amide bonds. The maximum absolute atomic E-state index is 12.0. The second-order valence-electron chi connectivity index (χ2n) is 6.11. The monoisotopic (exact) mass is 378 g/mol. The van der Waals surface area contributed by atoms with E-state index in [-0.39, 0.29) is 29.7 Å². The van der Waals surface area contributed by atoms with Crippen molar-refractivity contribution in [1.29, 1.82) is 0 Å². The van der Waals surface area contributed by atoms with E-state index >= 15 is 0 Å². The zero-order valence-corrected chi connectivity index (χ0v) is 14.9. The van der Waals surface area contributed by atoms with E-state index in [0.29, 0.717) is 12.2 Å². The van der Waals surface area contributed by atoms with Crippen molar-refractivity contribution in [1.82, 2.24) is 10.6 Å². The van der Waals surface area contributed by atoms with Gasteiger partial charge in [0, 0.05) is 18.7 Å². The predicted molar refractivity (Wildman–Crippen MR) is 96.3 cm³/mol. The number of benzene rings is 1. The molecule has 3 N–H and O–H groups in total.